The van der Waals surface area contributed by atoms with Gasteiger partial charge in [-0.25, -0.2) is 4.98 Å². The summed E-state index contributed by atoms with van der Waals surface area (Å²) >= 11 is 1.45. The van der Waals surface area contributed by atoms with E-state index in [0.717, 1.165) is 20.8 Å². The number of fused-ring (bicyclic) bond motifs is 2. The first-order valence-corrected chi connectivity index (χ1v) is 8.22. The zero-order valence-corrected chi connectivity index (χ0v) is 13.4. The van der Waals surface area contributed by atoms with Gasteiger partial charge in [0.2, 0.25) is 0 Å². The summed E-state index contributed by atoms with van der Waals surface area (Å²) in [6, 6.07) is 19.3. The topological polar surface area (TPSA) is 56.0 Å². The van der Waals surface area contributed by atoms with Crippen molar-refractivity contribution in [3.63, 3.8) is 0 Å². The molecule has 0 spiro atoms. The number of nitro benzene ring substituents is 1. The number of benzene rings is 3. The maximum absolute atomic E-state index is 10.8. The van der Waals surface area contributed by atoms with Crippen LogP contribution in [-0.4, -0.2) is 9.91 Å². The van der Waals surface area contributed by atoms with Crippen molar-refractivity contribution in [2.75, 3.05) is 0 Å². The Labute approximate surface area is 141 Å². The molecular weight excluding hydrogens is 320 g/mol. The van der Waals surface area contributed by atoms with Gasteiger partial charge >= 0.3 is 0 Å². The second-order valence-corrected chi connectivity index (χ2v) is 6.46. The number of nitrogens with zero attached hydrogens (tertiary/aromatic N) is 2. The highest BCUT2D eigenvalue weighted by molar-refractivity contribution is 7.19. The third-order valence-corrected chi connectivity index (χ3v) is 4.77. The van der Waals surface area contributed by atoms with Crippen molar-refractivity contribution in [1.82, 2.24) is 4.98 Å². The summed E-state index contributed by atoms with van der Waals surface area (Å²) in [4.78, 5) is 15.0. The first-order valence-electron chi connectivity index (χ1n) is 7.41. The quantitative estimate of drug-likeness (QED) is 0.366. The molecule has 0 fully saturated rings. The van der Waals surface area contributed by atoms with Gasteiger partial charge in [0.1, 0.15) is 5.01 Å². The predicted molar refractivity (Wildman–Crippen MR) is 99.2 cm³/mol. The van der Waals surface area contributed by atoms with Gasteiger partial charge < -0.3 is 0 Å². The van der Waals surface area contributed by atoms with E-state index in [1.54, 1.807) is 12.1 Å². The molecule has 0 unspecified atom stereocenters. The molecule has 0 aliphatic carbocycles. The van der Waals surface area contributed by atoms with E-state index in [4.69, 9.17) is 0 Å². The molecular formula is C19H12N2O2S. The number of hydrogen-bond donors (Lipinski definition) is 0. The summed E-state index contributed by atoms with van der Waals surface area (Å²) < 4.78 is 0.822. The SMILES string of the molecule is O=[N+]([O-])c1ccc2nc(C=Cc3ccc4ccccc4c3)sc2c1. The smallest absolute Gasteiger partial charge is 0.258 e. The van der Waals surface area contributed by atoms with Crippen molar-refractivity contribution >= 4 is 50.2 Å². The zero-order chi connectivity index (χ0) is 16.5. The predicted octanol–water partition coefficient (Wildman–Crippen LogP) is 5.53. The first kappa shape index (κ1) is 14.5. The molecule has 4 aromatic rings. The lowest BCUT2D eigenvalue weighted by Crippen LogP contribution is -1.85. The van der Waals surface area contributed by atoms with Crippen molar-refractivity contribution in [3.8, 4) is 0 Å². The fraction of sp³-hybridized carbons (Fsp3) is 0. The van der Waals surface area contributed by atoms with Crippen LogP contribution in [0.1, 0.15) is 10.6 Å². The van der Waals surface area contributed by atoms with Crippen LogP contribution < -0.4 is 0 Å². The highest BCUT2D eigenvalue weighted by atomic mass is 32.1. The number of rotatable bonds is 3. The lowest BCUT2D eigenvalue weighted by atomic mass is 10.1. The van der Waals surface area contributed by atoms with Gasteiger partial charge in [-0.05, 0) is 34.5 Å². The molecule has 4 rings (SSSR count). The number of nitro groups is 1. The number of thiazole rings is 1. The standard InChI is InChI=1S/C19H12N2O2S/c22-21(23)16-8-9-17-18(12-16)24-19(20-17)10-6-13-5-7-14-3-1-2-4-15(14)11-13/h1-12H. The average Bonchev–Trinajstić information content (AvgIpc) is 3.01. The van der Waals surface area contributed by atoms with Crippen LogP contribution in [0.3, 0.4) is 0 Å². The lowest BCUT2D eigenvalue weighted by Gasteiger charge is -1.98. The molecule has 0 radical (unpaired) electrons. The van der Waals surface area contributed by atoms with Gasteiger partial charge in [-0.15, -0.1) is 11.3 Å². The van der Waals surface area contributed by atoms with Crippen molar-refractivity contribution in [3.05, 3.63) is 81.3 Å². The Balaban J connectivity index is 1.66. The van der Waals surface area contributed by atoms with Crippen LogP contribution in [0.4, 0.5) is 5.69 Å². The first-order chi connectivity index (χ1) is 11.7. The fourth-order valence-electron chi connectivity index (χ4n) is 2.59. The van der Waals surface area contributed by atoms with Crippen LogP contribution in [0.2, 0.25) is 0 Å². The number of hydrogen-bond acceptors (Lipinski definition) is 4. The molecule has 0 N–H and O–H groups in total. The van der Waals surface area contributed by atoms with Crippen LogP contribution in [-0.2, 0) is 0 Å². The monoisotopic (exact) mass is 332 g/mol. The highest BCUT2D eigenvalue weighted by Gasteiger charge is 2.09. The Kier molecular flexibility index (Phi) is 3.55. The number of non-ortho nitro benzene ring substituents is 1. The highest BCUT2D eigenvalue weighted by Crippen LogP contribution is 2.27. The molecule has 0 amide bonds. The minimum Gasteiger partial charge on any atom is -0.258 e. The van der Waals surface area contributed by atoms with E-state index in [1.165, 1.54) is 28.2 Å². The minimum absolute atomic E-state index is 0.0937. The molecule has 0 aliphatic heterocycles. The maximum Gasteiger partial charge on any atom is 0.270 e. The Morgan fingerprint density at radius 2 is 1.79 bits per heavy atom. The molecule has 1 aromatic heterocycles. The van der Waals surface area contributed by atoms with Crippen molar-refractivity contribution in [1.29, 1.82) is 0 Å². The molecule has 1 heterocycles. The lowest BCUT2D eigenvalue weighted by molar-refractivity contribution is -0.384. The van der Waals surface area contributed by atoms with E-state index < -0.39 is 0 Å². The number of aromatic nitrogens is 1. The van der Waals surface area contributed by atoms with Gasteiger partial charge in [-0.1, -0.05) is 42.5 Å². The molecule has 0 saturated heterocycles. The van der Waals surface area contributed by atoms with Crippen LogP contribution in [0.15, 0.2) is 60.7 Å². The van der Waals surface area contributed by atoms with Gasteiger partial charge in [0, 0.05) is 12.1 Å². The largest absolute Gasteiger partial charge is 0.270 e. The van der Waals surface area contributed by atoms with Crippen LogP contribution in [0.25, 0.3) is 33.1 Å². The van der Waals surface area contributed by atoms with Gasteiger partial charge in [-0.3, -0.25) is 10.1 Å². The molecule has 4 nitrogen and oxygen atoms in total. The molecule has 24 heavy (non-hydrogen) atoms. The molecule has 5 heteroatoms. The minimum atomic E-state index is -0.385. The fourth-order valence-corrected chi connectivity index (χ4v) is 3.50. The van der Waals surface area contributed by atoms with E-state index in [0.29, 0.717) is 0 Å². The molecule has 0 aliphatic rings. The summed E-state index contributed by atoms with van der Waals surface area (Å²) in [5.41, 5.74) is 1.97. The van der Waals surface area contributed by atoms with Crippen LogP contribution >= 0.6 is 11.3 Å². The van der Waals surface area contributed by atoms with Gasteiger partial charge in [0.15, 0.2) is 0 Å². The van der Waals surface area contributed by atoms with E-state index in [-0.39, 0.29) is 10.6 Å². The Morgan fingerprint density at radius 1 is 0.958 bits per heavy atom. The van der Waals surface area contributed by atoms with Gasteiger partial charge in [-0.2, -0.15) is 0 Å². The molecule has 0 saturated carbocycles. The van der Waals surface area contributed by atoms with Crippen LogP contribution in [0, 0.1) is 10.1 Å². The van der Waals surface area contributed by atoms with E-state index in [1.807, 2.05) is 24.3 Å². The summed E-state index contributed by atoms with van der Waals surface area (Å²) in [5.74, 6) is 0. The summed E-state index contributed by atoms with van der Waals surface area (Å²) in [6.45, 7) is 0. The Hall–Kier alpha value is -3.05. The van der Waals surface area contributed by atoms with E-state index >= 15 is 0 Å². The summed E-state index contributed by atoms with van der Waals surface area (Å²) in [6.07, 6.45) is 3.96. The molecule has 3 aromatic carbocycles. The maximum atomic E-state index is 10.8. The molecule has 116 valence electrons. The summed E-state index contributed by atoms with van der Waals surface area (Å²) in [7, 11) is 0. The van der Waals surface area contributed by atoms with E-state index in [9.17, 15) is 10.1 Å². The third-order valence-electron chi connectivity index (χ3n) is 3.79. The Bertz CT molecular complexity index is 1100. The van der Waals surface area contributed by atoms with Gasteiger partial charge in [0.25, 0.3) is 5.69 Å². The van der Waals surface area contributed by atoms with Crippen molar-refractivity contribution in [2.24, 2.45) is 0 Å². The average molecular weight is 332 g/mol. The third kappa shape index (κ3) is 2.77. The molecule has 0 bridgehead atoms. The summed E-state index contributed by atoms with van der Waals surface area (Å²) in [5, 5.41) is 14.1. The Morgan fingerprint density at radius 3 is 2.62 bits per heavy atom. The zero-order valence-electron chi connectivity index (χ0n) is 12.5. The van der Waals surface area contributed by atoms with Crippen LogP contribution in [0.5, 0.6) is 0 Å². The van der Waals surface area contributed by atoms with E-state index in [2.05, 4.69) is 35.3 Å². The van der Waals surface area contributed by atoms with Crippen molar-refractivity contribution < 1.29 is 4.92 Å². The van der Waals surface area contributed by atoms with Crippen molar-refractivity contribution in [2.45, 2.75) is 0 Å². The second kappa shape index (κ2) is 5.86. The normalized spacial score (nSPS) is 11.5. The van der Waals surface area contributed by atoms with Gasteiger partial charge in [0.05, 0.1) is 15.1 Å². The second-order valence-electron chi connectivity index (χ2n) is 5.40. The molecule has 0 atom stereocenters.